The molecule has 0 fully saturated rings. The maximum Gasteiger partial charge on any atom is 0.336 e. The molecular weight excluding hydrogens is 292 g/mol. The first-order chi connectivity index (χ1) is 11.0. The van der Waals surface area contributed by atoms with Crippen LogP contribution < -0.4 is 0 Å². The maximum absolute atomic E-state index is 11.8. The van der Waals surface area contributed by atoms with Crippen LogP contribution >= 0.6 is 0 Å². The second-order valence-electron chi connectivity index (χ2n) is 5.20. The Labute approximate surface area is 135 Å². The average Bonchev–Trinajstić information content (AvgIpc) is 2.54. The molecule has 0 heterocycles. The van der Waals surface area contributed by atoms with E-state index in [1.54, 1.807) is 13.0 Å². The topological polar surface area (TPSA) is 63.6 Å². The van der Waals surface area contributed by atoms with Crippen LogP contribution in [0.5, 0.6) is 0 Å². The average molecular weight is 310 g/mol. The molecule has 0 aliphatic rings. The molecule has 1 N–H and O–H groups in total. The van der Waals surface area contributed by atoms with Crippen molar-refractivity contribution in [1.29, 1.82) is 0 Å². The molecule has 0 bridgehead atoms. The van der Waals surface area contributed by atoms with Crippen LogP contribution in [0.4, 0.5) is 0 Å². The summed E-state index contributed by atoms with van der Waals surface area (Å²) >= 11 is 0. The molecule has 0 aliphatic heterocycles. The zero-order valence-corrected chi connectivity index (χ0v) is 13.1. The fraction of sp³-hybridized carbons (Fsp3) is 0.158. The zero-order valence-electron chi connectivity index (χ0n) is 13.1. The van der Waals surface area contributed by atoms with Crippen LogP contribution in [0.1, 0.15) is 32.6 Å². The number of carbonyl (C=O) groups is 2. The Hall–Kier alpha value is -2.88. The first-order valence-corrected chi connectivity index (χ1v) is 7.21. The van der Waals surface area contributed by atoms with E-state index in [1.165, 1.54) is 12.2 Å². The number of carboxylic acid groups (broad SMARTS) is 1. The minimum atomic E-state index is -1.01. The molecule has 2 aromatic carbocycles. The van der Waals surface area contributed by atoms with Crippen molar-refractivity contribution < 1.29 is 19.4 Å². The van der Waals surface area contributed by atoms with E-state index in [4.69, 9.17) is 4.74 Å². The van der Waals surface area contributed by atoms with Crippen LogP contribution in [-0.4, -0.2) is 17.0 Å². The molecule has 0 saturated heterocycles. The van der Waals surface area contributed by atoms with Crippen molar-refractivity contribution in [3.8, 4) is 0 Å². The van der Waals surface area contributed by atoms with Gasteiger partial charge in [-0.05, 0) is 42.2 Å². The lowest BCUT2D eigenvalue weighted by atomic mass is 9.97. The van der Waals surface area contributed by atoms with Crippen molar-refractivity contribution >= 4 is 18.0 Å². The lowest BCUT2D eigenvalue weighted by Crippen LogP contribution is -2.05. The zero-order chi connectivity index (χ0) is 16.8. The number of aryl methyl sites for hydroxylation is 1. The summed E-state index contributed by atoms with van der Waals surface area (Å²) < 4.78 is 5.13. The van der Waals surface area contributed by atoms with Gasteiger partial charge in [-0.2, -0.15) is 0 Å². The highest BCUT2D eigenvalue weighted by molar-refractivity contribution is 5.96. The maximum atomic E-state index is 11.8. The Morgan fingerprint density at radius 3 is 2.43 bits per heavy atom. The highest BCUT2D eigenvalue weighted by Gasteiger charge is 2.13. The normalized spacial score (nSPS) is 10.7. The van der Waals surface area contributed by atoms with Crippen LogP contribution in [0.25, 0.3) is 6.08 Å². The number of rotatable bonds is 5. The van der Waals surface area contributed by atoms with Gasteiger partial charge in [-0.15, -0.1) is 0 Å². The van der Waals surface area contributed by atoms with E-state index >= 15 is 0 Å². The molecule has 118 valence electrons. The minimum absolute atomic E-state index is 0.183. The molecule has 23 heavy (non-hydrogen) atoms. The van der Waals surface area contributed by atoms with E-state index < -0.39 is 11.9 Å². The lowest BCUT2D eigenvalue weighted by molar-refractivity contribution is -0.138. The van der Waals surface area contributed by atoms with E-state index in [0.717, 1.165) is 11.1 Å². The monoisotopic (exact) mass is 310 g/mol. The van der Waals surface area contributed by atoms with Gasteiger partial charge in [-0.25, -0.2) is 9.59 Å². The SMILES string of the molecule is Cc1ccc(/C=C/C(=O)OCc2ccccc2)c(C(=O)O)c1C. The van der Waals surface area contributed by atoms with E-state index in [-0.39, 0.29) is 12.2 Å². The van der Waals surface area contributed by atoms with Crippen molar-refractivity contribution in [3.05, 3.63) is 76.4 Å². The van der Waals surface area contributed by atoms with Gasteiger partial charge in [0.1, 0.15) is 6.61 Å². The minimum Gasteiger partial charge on any atom is -0.478 e. The predicted molar refractivity (Wildman–Crippen MR) is 88.1 cm³/mol. The third-order valence-electron chi connectivity index (χ3n) is 3.60. The molecule has 0 atom stereocenters. The number of hydrogen-bond acceptors (Lipinski definition) is 3. The van der Waals surface area contributed by atoms with Crippen LogP contribution in [0.15, 0.2) is 48.5 Å². The Kier molecular flexibility index (Phi) is 5.31. The van der Waals surface area contributed by atoms with E-state index in [0.29, 0.717) is 11.1 Å². The van der Waals surface area contributed by atoms with Crippen LogP contribution in [0.3, 0.4) is 0 Å². The van der Waals surface area contributed by atoms with Gasteiger partial charge in [0.15, 0.2) is 0 Å². The summed E-state index contributed by atoms with van der Waals surface area (Å²) in [4.78, 5) is 23.2. The van der Waals surface area contributed by atoms with E-state index in [9.17, 15) is 14.7 Å². The molecule has 0 saturated carbocycles. The molecular formula is C19H18O4. The molecule has 2 rings (SSSR count). The largest absolute Gasteiger partial charge is 0.478 e. The van der Waals surface area contributed by atoms with Gasteiger partial charge in [-0.1, -0.05) is 42.5 Å². The van der Waals surface area contributed by atoms with Crippen molar-refractivity contribution in [3.63, 3.8) is 0 Å². The Morgan fingerprint density at radius 2 is 1.78 bits per heavy atom. The van der Waals surface area contributed by atoms with Crippen LogP contribution in [-0.2, 0) is 16.1 Å². The van der Waals surface area contributed by atoms with Gasteiger partial charge in [0.05, 0.1) is 5.56 Å². The molecule has 0 aromatic heterocycles. The summed E-state index contributed by atoms with van der Waals surface area (Å²) in [5.74, 6) is -1.52. The van der Waals surface area contributed by atoms with Gasteiger partial charge >= 0.3 is 11.9 Å². The van der Waals surface area contributed by atoms with Crippen molar-refractivity contribution in [2.24, 2.45) is 0 Å². The quantitative estimate of drug-likeness (QED) is 0.674. The smallest absolute Gasteiger partial charge is 0.336 e. The van der Waals surface area contributed by atoms with Gasteiger partial charge in [0, 0.05) is 6.08 Å². The highest BCUT2D eigenvalue weighted by Crippen LogP contribution is 2.19. The number of ether oxygens (including phenoxy) is 1. The highest BCUT2D eigenvalue weighted by atomic mass is 16.5. The summed E-state index contributed by atoms with van der Waals surface area (Å²) in [7, 11) is 0. The first kappa shape index (κ1) is 16.5. The number of benzene rings is 2. The Bertz CT molecular complexity index is 745. The lowest BCUT2D eigenvalue weighted by Gasteiger charge is -2.08. The number of hydrogen-bond donors (Lipinski definition) is 1. The fourth-order valence-electron chi connectivity index (χ4n) is 2.19. The molecule has 0 radical (unpaired) electrons. The Balaban J connectivity index is 2.09. The van der Waals surface area contributed by atoms with Crippen molar-refractivity contribution in [2.45, 2.75) is 20.5 Å². The number of carboxylic acids is 1. The van der Waals surface area contributed by atoms with Crippen LogP contribution in [0.2, 0.25) is 0 Å². The standard InChI is InChI=1S/C19H18O4/c1-13-8-9-16(18(14(13)2)19(21)22)10-11-17(20)23-12-15-6-4-3-5-7-15/h3-11H,12H2,1-2H3,(H,21,22)/b11-10+. The van der Waals surface area contributed by atoms with Gasteiger partial charge in [0.25, 0.3) is 0 Å². The number of esters is 1. The summed E-state index contributed by atoms with van der Waals surface area (Å²) in [6.45, 7) is 3.79. The Morgan fingerprint density at radius 1 is 1.09 bits per heavy atom. The summed E-state index contributed by atoms with van der Waals surface area (Å²) in [6, 6.07) is 12.9. The summed E-state index contributed by atoms with van der Waals surface area (Å²) in [5.41, 5.74) is 3.17. The second-order valence-corrected chi connectivity index (χ2v) is 5.20. The molecule has 0 amide bonds. The molecule has 4 heteroatoms. The molecule has 0 aliphatic carbocycles. The molecule has 4 nitrogen and oxygen atoms in total. The first-order valence-electron chi connectivity index (χ1n) is 7.21. The predicted octanol–water partition coefficient (Wildman–Crippen LogP) is 3.76. The molecule has 0 unspecified atom stereocenters. The fourth-order valence-corrected chi connectivity index (χ4v) is 2.19. The molecule has 0 spiro atoms. The van der Waals surface area contributed by atoms with Gasteiger partial charge < -0.3 is 9.84 Å². The molecule has 2 aromatic rings. The van der Waals surface area contributed by atoms with E-state index in [1.807, 2.05) is 43.3 Å². The number of aromatic carboxylic acids is 1. The van der Waals surface area contributed by atoms with E-state index in [2.05, 4.69) is 0 Å². The second kappa shape index (κ2) is 7.40. The third kappa shape index (κ3) is 4.30. The van der Waals surface area contributed by atoms with Crippen molar-refractivity contribution in [2.75, 3.05) is 0 Å². The summed E-state index contributed by atoms with van der Waals surface area (Å²) in [6.07, 6.45) is 2.72. The number of carbonyl (C=O) groups excluding carboxylic acids is 1. The van der Waals surface area contributed by atoms with Crippen molar-refractivity contribution in [1.82, 2.24) is 0 Å². The summed E-state index contributed by atoms with van der Waals surface area (Å²) in [5, 5.41) is 9.34. The third-order valence-corrected chi connectivity index (χ3v) is 3.60. The van der Waals surface area contributed by atoms with Crippen LogP contribution in [0, 0.1) is 13.8 Å². The van der Waals surface area contributed by atoms with Gasteiger partial charge in [-0.3, -0.25) is 0 Å². The van der Waals surface area contributed by atoms with Gasteiger partial charge in [0.2, 0.25) is 0 Å².